The fraction of sp³-hybridized carbons (Fsp3) is 0.273. The highest BCUT2D eigenvalue weighted by atomic mass is 16.5. The molecule has 1 heterocycles. The molecular weight excluding hydrogens is 328 g/mol. The van der Waals surface area contributed by atoms with Crippen molar-refractivity contribution in [2.45, 2.75) is 32.3 Å². The van der Waals surface area contributed by atoms with Gasteiger partial charge in [0.05, 0.1) is 5.56 Å². The van der Waals surface area contributed by atoms with E-state index in [0.717, 1.165) is 28.0 Å². The topological polar surface area (TPSA) is 63.6 Å². The highest BCUT2D eigenvalue weighted by molar-refractivity contribution is 5.92. The first-order valence-corrected chi connectivity index (χ1v) is 8.76. The van der Waals surface area contributed by atoms with E-state index in [2.05, 4.69) is 6.07 Å². The Labute approximate surface area is 152 Å². The van der Waals surface area contributed by atoms with Crippen LogP contribution < -0.4 is 4.74 Å². The summed E-state index contributed by atoms with van der Waals surface area (Å²) < 4.78 is 6.17. The van der Waals surface area contributed by atoms with Gasteiger partial charge in [0.25, 0.3) is 0 Å². The molecule has 2 aromatic rings. The predicted octanol–water partition coefficient (Wildman–Crippen LogP) is 4.04. The van der Waals surface area contributed by atoms with Crippen molar-refractivity contribution in [3.8, 4) is 5.75 Å². The maximum Gasteiger partial charge on any atom is 0.335 e. The second-order valence-corrected chi connectivity index (χ2v) is 7.11. The molecule has 0 amide bonds. The number of fused-ring (bicyclic) bond motifs is 2. The van der Waals surface area contributed by atoms with Crippen molar-refractivity contribution in [3.05, 3.63) is 76.4 Å². The standard InChI is InChI=1S/C22H20O4/c1-12-9-18-19(10-13(12)2)26-20-11-14(23)7-8-17(20)21(18)15-5-3-4-6-16(15)22(24)25/h3-10,17,20-21H,11H2,1-2H3,(H,24,25). The lowest BCUT2D eigenvalue weighted by atomic mass is 9.71. The molecule has 0 saturated heterocycles. The summed E-state index contributed by atoms with van der Waals surface area (Å²) in [6.07, 6.45) is 3.54. The van der Waals surface area contributed by atoms with E-state index < -0.39 is 5.97 Å². The Morgan fingerprint density at radius 3 is 2.62 bits per heavy atom. The number of rotatable bonds is 2. The molecule has 4 heteroatoms. The van der Waals surface area contributed by atoms with Crippen molar-refractivity contribution in [2.24, 2.45) is 5.92 Å². The van der Waals surface area contributed by atoms with E-state index in [0.29, 0.717) is 12.0 Å². The number of hydrogen-bond acceptors (Lipinski definition) is 3. The Bertz CT molecular complexity index is 941. The number of hydrogen-bond donors (Lipinski definition) is 1. The smallest absolute Gasteiger partial charge is 0.335 e. The summed E-state index contributed by atoms with van der Waals surface area (Å²) in [7, 11) is 0. The van der Waals surface area contributed by atoms with Crippen LogP contribution in [0.25, 0.3) is 0 Å². The third kappa shape index (κ3) is 2.62. The molecule has 26 heavy (non-hydrogen) atoms. The van der Waals surface area contributed by atoms with Crippen LogP contribution in [0.2, 0.25) is 0 Å². The van der Waals surface area contributed by atoms with Crippen molar-refractivity contribution >= 4 is 11.8 Å². The van der Waals surface area contributed by atoms with Gasteiger partial charge >= 0.3 is 5.97 Å². The van der Waals surface area contributed by atoms with E-state index >= 15 is 0 Å². The van der Waals surface area contributed by atoms with Gasteiger partial charge in [0.2, 0.25) is 0 Å². The minimum absolute atomic E-state index is 0.0452. The summed E-state index contributed by atoms with van der Waals surface area (Å²) in [5.74, 6) is -0.362. The first-order valence-electron chi connectivity index (χ1n) is 8.76. The second kappa shape index (κ2) is 6.13. The van der Waals surface area contributed by atoms with E-state index in [4.69, 9.17) is 4.74 Å². The maximum absolute atomic E-state index is 11.9. The van der Waals surface area contributed by atoms with Gasteiger partial charge in [-0.25, -0.2) is 4.79 Å². The van der Waals surface area contributed by atoms with Gasteiger partial charge in [-0.2, -0.15) is 0 Å². The zero-order chi connectivity index (χ0) is 18.4. The molecule has 1 aliphatic heterocycles. The number of aromatic carboxylic acids is 1. The average Bonchev–Trinajstić information content (AvgIpc) is 2.61. The monoisotopic (exact) mass is 348 g/mol. The minimum Gasteiger partial charge on any atom is -0.489 e. The zero-order valence-corrected chi connectivity index (χ0v) is 14.7. The van der Waals surface area contributed by atoms with E-state index in [1.165, 1.54) is 0 Å². The Kier molecular flexibility index (Phi) is 3.91. The van der Waals surface area contributed by atoms with Crippen LogP contribution in [0.4, 0.5) is 0 Å². The van der Waals surface area contributed by atoms with Crippen LogP contribution in [0.1, 0.15) is 45.0 Å². The molecule has 0 radical (unpaired) electrons. The number of aryl methyl sites for hydroxylation is 2. The van der Waals surface area contributed by atoms with Gasteiger partial charge in [-0.1, -0.05) is 30.3 Å². The third-order valence-corrected chi connectivity index (χ3v) is 5.49. The minimum atomic E-state index is -0.940. The van der Waals surface area contributed by atoms with Crippen LogP contribution in [0.15, 0.2) is 48.6 Å². The normalized spacial score (nSPS) is 23.8. The van der Waals surface area contributed by atoms with E-state index in [-0.39, 0.29) is 23.7 Å². The predicted molar refractivity (Wildman–Crippen MR) is 97.8 cm³/mol. The Morgan fingerprint density at radius 2 is 1.85 bits per heavy atom. The summed E-state index contributed by atoms with van der Waals surface area (Å²) >= 11 is 0. The highest BCUT2D eigenvalue weighted by Crippen LogP contribution is 2.48. The van der Waals surface area contributed by atoms with Crippen LogP contribution in [-0.2, 0) is 4.79 Å². The van der Waals surface area contributed by atoms with Crippen LogP contribution in [0, 0.1) is 19.8 Å². The number of ether oxygens (including phenoxy) is 1. The molecule has 0 aromatic heterocycles. The van der Waals surface area contributed by atoms with Crippen molar-refractivity contribution in [3.63, 3.8) is 0 Å². The maximum atomic E-state index is 11.9. The van der Waals surface area contributed by atoms with Gasteiger partial charge in [-0.3, -0.25) is 4.79 Å². The molecule has 1 aliphatic carbocycles. The largest absolute Gasteiger partial charge is 0.489 e. The number of ketones is 1. The van der Waals surface area contributed by atoms with Gasteiger partial charge in [-0.05, 0) is 48.7 Å². The van der Waals surface area contributed by atoms with Crippen molar-refractivity contribution in [1.29, 1.82) is 0 Å². The molecule has 0 bridgehead atoms. The molecule has 0 saturated carbocycles. The fourth-order valence-electron chi connectivity index (χ4n) is 4.06. The van der Waals surface area contributed by atoms with Crippen molar-refractivity contribution in [2.75, 3.05) is 0 Å². The number of carboxylic acids is 1. The number of carbonyl (C=O) groups excluding carboxylic acids is 1. The number of benzene rings is 2. The van der Waals surface area contributed by atoms with Gasteiger partial charge in [0.15, 0.2) is 5.78 Å². The van der Waals surface area contributed by atoms with Crippen LogP contribution in [0.3, 0.4) is 0 Å². The van der Waals surface area contributed by atoms with Crippen LogP contribution >= 0.6 is 0 Å². The average molecular weight is 348 g/mol. The Hall–Kier alpha value is -2.88. The number of allylic oxidation sites excluding steroid dienone is 1. The summed E-state index contributed by atoms with van der Waals surface area (Å²) in [5, 5.41) is 9.68. The molecule has 3 unspecified atom stereocenters. The van der Waals surface area contributed by atoms with E-state index in [1.807, 2.05) is 38.1 Å². The van der Waals surface area contributed by atoms with Gasteiger partial charge < -0.3 is 9.84 Å². The molecule has 1 N–H and O–H groups in total. The third-order valence-electron chi connectivity index (χ3n) is 5.49. The van der Waals surface area contributed by atoms with Crippen LogP contribution in [-0.4, -0.2) is 23.0 Å². The quantitative estimate of drug-likeness (QED) is 0.890. The molecule has 0 fully saturated rings. The Balaban J connectivity index is 1.96. The summed E-state index contributed by atoms with van der Waals surface area (Å²) in [6, 6.07) is 11.2. The lowest BCUT2D eigenvalue weighted by Gasteiger charge is -2.40. The number of carboxylic acid groups (broad SMARTS) is 1. The van der Waals surface area contributed by atoms with Gasteiger partial charge in [-0.15, -0.1) is 0 Å². The second-order valence-electron chi connectivity index (χ2n) is 7.11. The molecule has 3 atom stereocenters. The molecular formula is C22H20O4. The molecule has 4 rings (SSSR count). The van der Waals surface area contributed by atoms with Crippen molar-refractivity contribution < 1.29 is 19.4 Å². The van der Waals surface area contributed by atoms with Crippen LogP contribution in [0.5, 0.6) is 5.75 Å². The molecule has 0 spiro atoms. The summed E-state index contributed by atoms with van der Waals surface area (Å²) in [4.78, 5) is 23.7. The zero-order valence-electron chi connectivity index (χ0n) is 14.7. The molecule has 2 aromatic carbocycles. The highest BCUT2D eigenvalue weighted by Gasteiger charge is 2.41. The first kappa shape index (κ1) is 16.6. The lowest BCUT2D eigenvalue weighted by Crippen LogP contribution is -2.39. The lowest BCUT2D eigenvalue weighted by molar-refractivity contribution is -0.117. The van der Waals surface area contributed by atoms with Gasteiger partial charge in [0, 0.05) is 23.8 Å². The summed E-state index contributed by atoms with van der Waals surface area (Å²) in [6.45, 7) is 4.07. The first-order chi connectivity index (χ1) is 12.5. The number of carbonyl (C=O) groups is 2. The molecule has 132 valence electrons. The van der Waals surface area contributed by atoms with Gasteiger partial charge in [0.1, 0.15) is 11.9 Å². The fourth-order valence-corrected chi connectivity index (χ4v) is 4.06. The van der Waals surface area contributed by atoms with Crippen molar-refractivity contribution in [1.82, 2.24) is 0 Å². The molecule has 4 nitrogen and oxygen atoms in total. The Morgan fingerprint density at radius 1 is 1.12 bits per heavy atom. The van der Waals surface area contributed by atoms with E-state index in [1.54, 1.807) is 18.2 Å². The van der Waals surface area contributed by atoms with E-state index in [9.17, 15) is 14.7 Å². The SMILES string of the molecule is Cc1cc2c(cc1C)C(c1ccccc1C(=O)O)C1C=CC(=O)CC1O2. The summed E-state index contributed by atoms with van der Waals surface area (Å²) in [5.41, 5.74) is 4.31. The molecule has 2 aliphatic rings.